The summed E-state index contributed by atoms with van der Waals surface area (Å²) in [6.07, 6.45) is 0.0346. The van der Waals surface area contributed by atoms with Crippen LogP contribution in [0, 0.1) is 13.8 Å². The van der Waals surface area contributed by atoms with Crippen LogP contribution in [0.5, 0.6) is 0 Å². The fraction of sp³-hybridized carbons (Fsp3) is 0.250. The monoisotopic (exact) mass is 237 g/mol. The number of fused-ring (bicyclic) bond motifs is 1. The molecule has 1 heterocycles. The molecule has 0 fully saturated rings. The number of benzene rings is 1. The standard InChI is InChI=1S/C12H12ClNO2/c1-6-10(13)4-3-8-9(5-11(15)16)7(2)14-12(6)8/h3-4,14H,5H2,1-2H3,(H,15,16). The predicted molar refractivity (Wildman–Crippen MR) is 64.1 cm³/mol. The third kappa shape index (κ3) is 1.67. The first-order valence-corrected chi connectivity index (χ1v) is 5.36. The number of nitrogens with one attached hydrogen (secondary N) is 1. The zero-order valence-electron chi connectivity index (χ0n) is 9.10. The molecule has 0 saturated carbocycles. The van der Waals surface area contributed by atoms with Gasteiger partial charge in [-0.1, -0.05) is 17.7 Å². The number of aromatic amines is 1. The van der Waals surface area contributed by atoms with Crippen LogP contribution < -0.4 is 0 Å². The van der Waals surface area contributed by atoms with E-state index < -0.39 is 5.97 Å². The zero-order valence-corrected chi connectivity index (χ0v) is 9.85. The summed E-state index contributed by atoms with van der Waals surface area (Å²) in [5.74, 6) is -0.823. The first-order chi connectivity index (χ1) is 7.50. The molecule has 1 aromatic heterocycles. The van der Waals surface area contributed by atoms with Gasteiger partial charge in [0, 0.05) is 16.1 Å². The zero-order chi connectivity index (χ0) is 11.9. The Balaban J connectivity index is 2.71. The molecule has 16 heavy (non-hydrogen) atoms. The number of carboxylic acids is 1. The molecular weight excluding hydrogens is 226 g/mol. The summed E-state index contributed by atoms with van der Waals surface area (Å²) in [7, 11) is 0. The molecule has 2 rings (SSSR count). The lowest BCUT2D eigenvalue weighted by molar-refractivity contribution is -0.136. The number of carbonyl (C=O) groups is 1. The van der Waals surface area contributed by atoms with Crippen molar-refractivity contribution in [2.75, 3.05) is 0 Å². The molecule has 3 nitrogen and oxygen atoms in total. The van der Waals surface area contributed by atoms with Gasteiger partial charge in [0.2, 0.25) is 0 Å². The Morgan fingerprint density at radius 3 is 2.75 bits per heavy atom. The largest absolute Gasteiger partial charge is 0.481 e. The molecule has 4 heteroatoms. The second kappa shape index (κ2) is 3.83. The third-order valence-corrected chi connectivity index (χ3v) is 3.23. The minimum absolute atomic E-state index is 0.0346. The number of hydrogen-bond acceptors (Lipinski definition) is 1. The van der Waals surface area contributed by atoms with Crippen LogP contribution in [0.15, 0.2) is 12.1 Å². The molecule has 2 N–H and O–H groups in total. The molecule has 0 radical (unpaired) electrons. The van der Waals surface area contributed by atoms with Gasteiger partial charge in [0.15, 0.2) is 0 Å². The first-order valence-electron chi connectivity index (χ1n) is 4.98. The quantitative estimate of drug-likeness (QED) is 0.844. The van der Waals surface area contributed by atoms with E-state index in [2.05, 4.69) is 4.98 Å². The van der Waals surface area contributed by atoms with Crippen molar-refractivity contribution in [2.24, 2.45) is 0 Å². The normalized spacial score (nSPS) is 10.9. The van der Waals surface area contributed by atoms with Crippen LogP contribution in [-0.4, -0.2) is 16.1 Å². The van der Waals surface area contributed by atoms with Crippen molar-refractivity contribution in [1.82, 2.24) is 4.98 Å². The van der Waals surface area contributed by atoms with E-state index in [0.29, 0.717) is 5.02 Å². The van der Waals surface area contributed by atoms with Crippen LogP contribution in [0.1, 0.15) is 16.8 Å². The predicted octanol–water partition coefficient (Wildman–Crippen LogP) is 3.07. The van der Waals surface area contributed by atoms with Gasteiger partial charge in [-0.05, 0) is 31.0 Å². The highest BCUT2D eigenvalue weighted by Gasteiger charge is 2.13. The van der Waals surface area contributed by atoms with E-state index in [4.69, 9.17) is 16.7 Å². The molecular formula is C12H12ClNO2. The number of carboxylic acid groups (broad SMARTS) is 1. The summed E-state index contributed by atoms with van der Waals surface area (Å²) in [6.45, 7) is 3.80. The summed E-state index contributed by atoms with van der Waals surface area (Å²) in [5.41, 5.74) is 3.62. The Morgan fingerprint density at radius 2 is 2.12 bits per heavy atom. The van der Waals surface area contributed by atoms with Gasteiger partial charge in [-0.25, -0.2) is 0 Å². The number of H-pyrrole nitrogens is 1. The van der Waals surface area contributed by atoms with Gasteiger partial charge in [0.05, 0.1) is 11.9 Å². The fourth-order valence-electron chi connectivity index (χ4n) is 1.94. The summed E-state index contributed by atoms with van der Waals surface area (Å²) in [6, 6.07) is 3.67. The molecule has 1 aromatic carbocycles. The van der Waals surface area contributed by atoms with Crippen molar-refractivity contribution in [3.8, 4) is 0 Å². The van der Waals surface area contributed by atoms with Gasteiger partial charge in [0.25, 0.3) is 0 Å². The van der Waals surface area contributed by atoms with Crippen molar-refractivity contribution in [1.29, 1.82) is 0 Å². The maximum Gasteiger partial charge on any atom is 0.307 e. The van der Waals surface area contributed by atoms with Gasteiger partial charge < -0.3 is 10.1 Å². The van der Waals surface area contributed by atoms with E-state index >= 15 is 0 Å². The highest BCUT2D eigenvalue weighted by atomic mass is 35.5. The lowest BCUT2D eigenvalue weighted by Gasteiger charge is -2.00. The Kier molecular flexibility index (Phi) is 2.64. The summed E-state index contributed by atoms with van der Waals surface area (Å²) in [4.78, 5) is 14.0. The molecule has 0 amide bonds. The lowest BCUT2D eigenvalue weighted by Crippen LogP contribution is -2.00. The number of rotatable bonds is 2. The molecule has 2 aromatic rings. The van der Waals surface area contributed by atoms with Crippen molar-refractivity contribution >= 4 is 28.5 Å². The van der Waals surface area contributed by atoms with Crippen molar-refractivity contribution in [3.05, 3.63) is 34.0 Å². The second-order valence-corrected chi connectivity index (χ2v) is 4.30. The van der Waals surface area contributed by atoms with Crippen LogP contribution >= 0.6 is 11.6 Å². The van der Waals surface area contributed by atoms with Gasteiger partial charge in [-0.2, -0.15) is 0 Å². The number of hydrogen-bond donors (Lipinski definition) is 2. The van der Waals surface area contributed by atoms with Crippen LogP contribution in [0.2, 0.25) is 5.02 Å². The average molecular weight is 238 g/mol. The van der Waals surface area contributed by atoms with E-state index in [1.54, 1.807) is 6.07 Å². The molecule has 0 bridgehead atoms. The van der Waals surface area contributed by atoms with E-state index in [9.17, 15) is 4.79 Å². The van der Waals surface area contributed by atoms with Gasteiger partial charge in [-0.15, -0.1) is 0 Å². The average Bonchev–Trinajstić information content (AvgIpc) is 2.51. The second-order valence-electron chi connectivity index (χ2n) is 3.89. The Morgan fingerprint density at radius 1 is 1.44 bits per heavy atom. The molecule has 0 aliphatic carbocycles. The maximum absolute atomic E-state index is 10.8. The van der Waals surface area contributed by atoms with Crippen LogP contribution in [0.3, 0.4) is 0 Å². The summed E-state index contributed by atoms with van der Waals surface area (Å²) < 4.78 is 0. The minimum Gasteiger partial charge on any atom is -0.481 e. The van der Waals surface area contributed by atoms with Crippen molar-refractivity contribution in [2.45, 2.75) is 20.3 Å². The Hall–Kier alpha value is -1.48. The fourth-order valence-corrected chi connectivity index (χ4v) is 2.10. The smallest absolute Gasteiger partial charge is 0.307 e. The van der Waals surface area contributed by atoms with Gasteiger partial charge >= 0.3 is 5.97 Å². The third-order valence-electron chi connectivity index (χ3n) is 2.82. The Bertz CT molecular complexity index is 572. The maximum atomic E-state index is 10.8. The van der Waals surface area contributed by atoms with E-state index in [-0.39, 0.29) is 6.42 Å². The number of halogens is 1. The number of aliphatic carboxylic acids is 1. The molecule has 84 valence electrons. The minimum atomic E-state index is -0.823. The summed E-state index contributed by atoms with van der Waals surface area (Å²) >= 11 is 6.02. The number of aryl methyl sites for hydroxylation is 2. The molecule has 0 saturated heterocycles. The van der Waals surface area contributed by atoms with E-state index in [1.807, 2.05) is 19.9 Å². The van der Waals surface area contributed by atoms with Crippen LogP contribution in [0.25, 0.3) is 10.9 Å². The van der Waals surface area contributed by atoms with Crippen LogP contribution in [0.4, 0.5) is 0 Å². The van der Waals surface area contributed by atoms with Gasteiger partial charge in [-0.3, -0.25) is 4.79 Å². The highest BCUT2D eigenvalue weighted by molar-refractivity contribution is 6.32. The molecule has 0 aliphatic heterocycles. The highest BCUT2D eigenvalue weighted by Crippen LogP contribution is 2.29. The SMILES string of the molecule is Cc1[nH]c2c(C)c(Cl)ccc2c1CC(=O)O. The van der Waals surface area contributed by atoms with Crippen molar-refractivity contribution in [3.63, 3.8) is 0 Å². The lowest BCUT2D eigenvalue weighted by atomic mass is 10.1. The van der Waals surface area contributed by atoms with Crippen molar-refractivity contribution < 1.29 is 9.90 Å². The summed E-state index contributed by atoms with van der Waals surface area (Å²) in [5, 5.41) is 10.5. The molecule has 0 unspecified atom stereocenters. The van der Waals surface area contributed by atoms with E-state index in [1.165, 1.54) is 0 Å². The topological polar surface area (TPSA) is 53.1 Å². The molecule has 0 spiro atoms. The molecule has 0 atom stereocenters. The first kappa shape index (κ1) is 11.0. The van der Waals surface area contributed by atoms with Gasteiger partial charge in [0.1, 0.15) is 0 Å². The van der Waals surface area contributed by atoms with E-state index in [0.717, 1.165) is 27.7 Å². The molecule has 0 aliphatic rings. The Labute approximate surface area is 98.0 Å². The van der Waals surface area contributed by atoms with Crippen LogP contribution in [-0.2, 0) is 11.2 Å². The number of aromatic nitrogens is 1.